The Labute approximate surface area is 122 Å². The average Bonchev–Trinajstić information content (AvgIpc) is 2.48. The first-order valence-electron chi connectivity index (χ1n) is 6.49. The number of rotatable bonds is 4. The maximum atomic E-state index is 11.9. The quantitative estimate of drug-likeness (QED) is 0.807. The van der Waals surface area contributed by atoms with E-state index in [1.165, 1.54) is 6.07 Å². The minimum Gasteiger partial charge on any atom is -0.478 e. The Bertz CT molecular complexity index is 654. The van der Waals surface area contributed by atoms with E-state index < -0.39 is 12.0 Å². The molecule has 2 rings (SSSR count). The van der Waals surface area contributed by atoms with Crippen LogP contribution in [0.1, 0.15) is 21.5 Å². The molecule has 3 N–H and O–H groups in total. The van der Waals surface area contributed by atoms with Crippen molar-refractivity contribution in [2.24, 2.45) is 0 Å². The monoisotopic (exact) mass is 284 g/mol. The molecule has 0 aliphatic rings. The second-order valence-corrected chi connectivity index (χ2v) is 4.60. The van der Waals surface area contributed by atoms with Gasteiger partial charge in [0.1, 0.15) is 0 Å². The molecule has 0 unspecified atom stereocenters. The highest BCUT2D eigenvalue weighted by Gasteiger charge is 2.14. The summed E-state index contributed by atoms with van der Waals surface area (Å²) >= 11 is 0. The zero-order valence-electron chi connectivity index (χ0n) is 11.6. The molecule has 5 nitrogen and oxygen atoms in total. The Hall–Kier alpha value is -2.82. The van der Waals surface area contributed by atoms with Crippen molar-refractivity contribution in [1.29, 1.82) is 0 Å². The van der Waals surface area contributed by atoms with Gasteiger partial charge in [0.2, 0.25) is 0 Å². The number of para-hydroxylation sites is 1. The first-order chi connectivity index (χ1) is 10.1. The molecule has 5 heteroatoms. The summed E-state index contributed by atoms with van der Waals surface area (Å²) < 4.78 is 0. The molecule has 2 amide bonds. The van der Waals surface area contributed by atoms with Gasteiger partial charge in [0.05, 0.1) is 11.3 Å². The Morgan fingerprint density at radius 3 is 2.43 bits per heavy atom. The number of urea groups is 1. The normalized spacial score (nSPS) is 9.95. The van der Waals surface area contributed by atoms with Crippen molar-refractivity contribution in [3.8, 4) is 0 Å². The van der Waals surface area contributed by atoms with Crippen LogP contribution >= 0.6 is 0 Å². The minimum atomic E-state index is -1.07. The summed E-state index contributed by atoms with van der Waals surface area (Å²) in [5.74, 6) is -1.07. The molecule has 0 fully saturated rings. The molecule has 2 aromatic carbocycles. The SMILES string of the molecule is Cc1cccc(C(=O)O)c1NC(=O)NCc1ccccc1. The van der Waals surface area contributed by atoms with Crippen LogP contribution in [0.15, 0.2) is 48.5 Å². The number of nitrogens with one attached hydrogen (secondary N) is 2. The van der Waals surface area contributed by atoms with Crippen LogP contribution in [0.5, 0.6) is 0 Å². The highest BCUT2D eigenvalue weighted by atomic mass is 16.4. The van der Waals surface area contributed by atoms with Gasteiger partial charge in [-0.1, -0.05) is 42.5 Å². The van der Waals surface area contributed by atoms with Gasteiger partial charge in [-0.3, -0.25) is 0 Å². The molecule has 21 heavy (non-hydrogen) atoms. The first-order valence-corrected chi connectivity index (χ1v) is 6.49. The van der Waals surface area contributed by atoms with Crippen LogP contribution in [0, 0.1) is 6.92 Å². The van der Waals surface area contributed by atoms with Crippen molar-refractivity contribution >= 4 is 17.7 Å². The lowest BCUT2D eigenvalue weighted by molar-refractivity contribution is 0.0698. The van der Waals surface area contributed by atoms with E-state index in [0.29, 0.717) is 17.8 Å². The van der Waals surface area contributed by atoms with Gasteiger partial charge in [0.25, 0.3) is 0 Å². The summed E-state index contributed by atoms with van der Waals surface area (Å²) in [5.41, 5.74) is 2.06. The molecular formula is C16H16N2O3. The van der Waals surface area contributed by atoms with Gasteiger partial charge in [-0.25, -0.2) is 9.59 Å². The molecule has 0 saturated heterocycles. The Morgan fingerprint density at radius 2 is 1.76 bits per heavy atom. The molecule has 0 atom stereocenters. The first kappa shape index (κ1) is 14.6. The molecule has 0 spiro atoms. The van der Waals surface area contributed by atoms with E-state index in [0.717, 1.165) is 5.56 Å². The van der Waals surface area contributed by atoms with Crippen LogP contribution in [0.2, 0.25) is 0 Å². The summed E-state index contributed by atoms with van der Waals surface area (Å²) in [6.45, 7) is 2.13. The lowest BCUT2D eigenvalue weighted by Crippen LogP contribution is -2.29. The van der Waals surface area contributed by atoms with Gasteiger partial charge in [0, 0.05) is 6.54 Å². The van der Waals surface area contributed by atoms with Crippen molar-refractivity contribution in [1.82, 2.24) is 5.32 Å². The topological polar surface area (TPSA) is 78.4 Å². The number of aryl methyl sites for hydroxylation is 1. The van der Waals surface area contributed by atoms with Crippen LogP contribution in [0.4, 0.5) is 10.5 Å². The van der Waals surface area contributed by atoms with Crippen molar-refractivity contribution in [3.05, 3.63) is 65.2 Å². The van der Waals surface area contributed by atoms with Gasteiger partial charge >= 0.3 is 12.0 Å². The van der Waals surface area contributed by atoms with Crippen molar-refractivity contribution in [2.75, 3.05) is 5.32 Å². The molecule has 0 aliphatic carbocycles. The summed E-state index contributed by atoms with van der Waals surface area (Å²) in [4.78, 5) is 23.1. The predicted octanol–water partition coefficient (Wildman–Crippen LogP) is 3.01. The van der Waals surface area contributed by atoms with Crippen LogP contribution in [-0.4, -0.2) is 17.1 Å². The van der Waals surface area contributed by atoms with E-state index in [-0.39, 0.29) is 5.56 Å². The fourth-order valence-corrected chi connectivity index (χ4v) is 1.95. The summed E-state index contributed by atoms with van der Waals surface area (Å²) in [5, 5.41) is 14.4. The maximum Gasteiger partial charge on any atom is 0.337 e. The Morgan fingerprint density at radius 1 is 1.05 bits per heavy atom. The number of carbonyl (C=O) groups is 2. The number of carboxylic acids is 1. The smallest absolute Gasteiger partial charge is 0.337 e. The molecule has 0 aliphatic heterocycles. The highest BCUT2D eigenvalue weighted by Crippen LogP contribution is 2.20. The zero-order chi connectivity index (χ0) is 15.2. The number of hydrogen-bond donors (Lipinski definition) is 3. The molecule has 108 valence electrons. The fourth-order valence-electron chi connectivity index (χ4n) is 1.95. The van der Waals surface area contributed by atoms with E-state index in [9.17, 15) is 9.59 Å². The van der Waals surface area contributed by atoms with E-state index in [4.69, 9.17) is 5.11 Å². The third-order valence-electron chi connectivity index (χ3n) is 3.04. The molecule has 0 saturated carbocycles. The number of carboxylic acid groups (broad SMARTS) is 1. The van der Waals surface area contributed by atoms with Crippen LogP contribution < -0.4 is 10.6 Å². The molecule has 0 aromatic heterocycles. The third-order valence-corrected chi connectivity index (χ3v) is 3.04. The summed E-state index contributed by atoms with van der Waals surface area (Å²) in [6.07, 6.45) is 0. The fraction of sp³-hybridized carbons (Fsp3) is 0.125. The van der Waals surface area contributed by atoms with Gasteiger partial charge in [-0.2, -0.15) is 0 Å². The second kappa shape index (κ2) is 6.56. The number of benzene rings is 2. The average molecular weight is 284 g/mol. The number of anilines is 1. The molecule has 2 aromatic rings. The van der Waals surface area contributed by atoms with Crippen molar-refractivity contribution in [3.63, 3.8) is 0 Å². The third kappa shape index (κ3) is 3.82. The van der Waals surface area contributed by atoms with Crippen molar-refractivity contribution < 1.29 is 14.7 Å². The van der Waals surface area contributed by atoms with Gasteiger partial charge < -0.3 is 15.7 Å². The van der Waals surface area contributed by atoms with Gasteiger partial charge in [-0.15, -0.1) is 0 Å². The lowest BCUT2D eigenvalue weighted by atomic mass is 10.1. The molecule has 0 bridgehead atoms. The Kier molecular flexibility index (Phi) is 4.56. The maximum absolute atomic E-state index is 11.9. The number of carbonyl (C=O) groups excluding carboxylic acids is 1. The van der Waals surface area contributed by atoms with Crippen molar-refractivity contribution in [2.45, 2.75) is 13.5 Å². The minimum absolute atomic E-state index is 0.0739. The van der Waals surface area contributed by atoms with Crippen LogP contribution in [-0.2, 0) is 6.54 Å². The molecule has 0 heterocycles. The number of aromatic carboxylic acids is 1. The Balaban J connectivity index is 2.05. The standard InChI is InChI=1S/C16H16N2O3/c1-11-6-5-9-13(15(19)20)14(11)18-16(21)17-10-12-7-3-2-4-8-12/h2-9H,10H2,1H3,(H,19,20)(H2,17,18,21). The lowest BCUT2D eigenvalue weighted by Gasteiger charge is -2.12. The van der Waals surface area contributed by atoms with E-state index in [1.807, 2.05) is 30.3 Å². The van der Waals surface area contributed by atoms with Gasteiger partial charge in [0.15, 0.2) is 0 Å². The second-order valence-electron chi connectivity index (χ2n) is 4.60. The van der Waals surface area contributed by atoms with E-state index >= 15 is 0 Å². The summed E-state index contributed by atoms with van der Waals surface area (Å²) in [7, 11) is 0. The van der Waals surface area contributed by atoms with Crippen LogP contribution in [0.25, 0.3) is 0 Å². The predicted molar refractivity (Wildman–Crippen MR) is 80.4 cm³/mol. The zero-order valence-corrected chi connectivity index (χ0v) is 11.6. The number of hydrogen-bond acceptors (Lipinski definition) is 2. The summed E-state index contributed by atoms with van der Waals surface area (Å²) in [6, 6.07) is 13.9. The molecular weight excluding hydrogens is 268 g/mol. The highest BCUT2D eigenvalue weighted by molar-refractivity contribution is 6.00. The van der Waals surface area contributed by atoms with Gasteiger partial charge in [-0.05, 0) is 24.1 Å². The van der Waals surface area contributed by atoms with E-state index in [2.05, 4.69) is 10.6 Å². The largest absolute Gasteiger partial charge is 0.478 e. The van der Waals surface area contributed by atoms with E-state index in [1.54, 1.807) is 19.1 Å². The molecule has 0 radical (unpaired) electrons. The number of amides is 2. The van der Waals surface area contributed by atoms with Crippen LogP contribution in [0.3, 0.4) is 0 Å².